The van der Waals surface area contributed by atoms with E-state index in [2.05, 4.69) is 5.32 Å². The first-order chi connectivity index (χ1) is 13.2. The molecule has 0 aliphatic heterocycles. The van der Waals surface area contributed by atoms with Crippen LogP contribution in [-0.2, 0) is 18.4 Å². The number of rotatable bonds is 5. The van der Waals surface area contributed by atoms with Crippen molar-refractivity contribution in [3.8, 4) is 5.75 Å². The van der Waals surface area contributed by atoms with Crippen molar-refractivity contribution in [1.29, 1.82) is 0 Å². The fourth-order valence-corrected chi connectivity index (χ4v) is 4.09. The van der Waals surface area contributed by atoms with Gasteiger partial charge in [-0.25, -0.2) is 4.98 Å². The van der Waals surface area contributed by atoms with E-state index in [1.165, 1.54) is 11.8 Å². The minimum Gasteiger partial charge on any atom is -0.497 e. The fraction of sp³-hybridized carbons (Fsp3) is 0.450. The van der Waals surface area contributed by atoms with Crippen molar-refractivity contribution < 1.29 is 9.53 Å². The van der Waals surface area contributed by atoms with Crippen LogP contribution in [0.2, 0.25) is 0 Å². The molecule has 0 bridgehead atoms. The number of nitrogens with zero attached hydrogens (tertiary/aromatic N) is 3. The third-order valence-corrected chi connectivity index (χ3v) is 5.41. The minimum atomic E-state index is -0.300. The zero-order chi connectivity index (χ0) is 20.6. The van der Waals surface area contributed by atoms with Gasteiger partial charge in [-0.1, -0.05) is 11.8 Å². The van der Waals surface area contributed by atoms with E-state index in [4.69, 9.17) is 9.72 Å². The lowest BCUT2D eigenvalue weighted by Gasteiger charge is -2.20. The van der Waals surface area contributed by atoms with Gasteiger partial charge >= 0.3 is 0 Å². The molecule has 0 saturated carbocycles. The number of hydrogen-bond acceptors (Lipinski definition) is 5. The van der Waals surface area contributed by atoms with Crippen LogP contribution < -0.4 is 15.6 Å². The molecule has 3 rings (SSSR count). The van der Waals surface area contributed by atoms with Gasteiger partial charge in [0.15, 0.2) is 5.16 Å². The molecule has 0 spiro atoms. The maximum atomic E-state index is 13.2. The van der Waals surface area contributed by atoms with E-state index in [0.717, 1.165) is 10.9 Å². The Morgan fingerprint density at radius 3 is 2.64 bits per heavy atom. The predicted octanol–water partition coefficient (Wildman–Crippen LogP) is 2.92. The minimum absolute atomic E-state index is 0.0888. The van der Waals surface area contributed by atoms with Gasteiger partial charge in [0.25, 0.3) is 5.56 Å². The molecule has 0 unspecified atom stereocenters. The summed E-state index contributed by atoms with van der Waals surface area (Å²) < 4.78 is 8.82. The van der Waals surface area contributed by atoms with Crippen LogP contribution in [0.4, 0.5) is 0 Å². The average Bonchev–Trinajstić information content (AvgIpc) is 2.90. The van der Waals surface area contributed by atoms with Gasteiger partial charge in [-0.15, -0.1) is 0 Å². The molecule has 0 radical (unpaired) electrons. The second-order valence-electron chi connectivity index (χ2n) is 7.67. The van der Waals surface area contributed by atoms with Crippen LogP contribution in [0.15, 0.2) is 28.2 Å². The molecular weight excluding hydrogens is 376 g/mol. The van der Waals surface area contributed by atoms with Crippen LogP contribution in [0, 0.1) is 0 Å². The van der Waals surface area contributed by atoms with Gasteiger partial charge in [0, 0.05) is 24.5 Å². The predicted molar refractivity (Wildman–Crippen MR) is 113 cm³/mol. The lowest BCUT2D eigenvalue weighted by atomic mass is 10.1. The number of carbonyl (C=O) groups is 1. The molecule has 7 nitrogen and oxygen atoms in total. The van der Waals surface area contributed by atoms with Gasteiger partial charge in [-0.2, -0.15) is 0 Å². The summed E-state index contributed by atoms with van der Waals surface area (Å²) in [4.78, 5) is 30.1. The van der Waals surface area contributed by atoms with Gasteiger partial charge in [0.05, 0.1) is 18.4 Å². The molecule has 0 aliphatic carbocycles. The van der Waals surface area contributed by atoms with Crippen LogP contribution >= 0.6 is 11.8 Å². The summed E-state index contributed by atoms with van der Waals surface area (Å²) in [7, 11) is 3.47. The summed E-state index contributed by atoms with van der Waals surface area (Å²) >= 11 is 1.28. The molecule has 2 heterocycles. The van der Waals surface area contributed by atoms with Gasteiger partial charge in [-0.05, 0) is 45.9 Å². The molecule has 150 valence electrons. The second kappa shape index (κ2) is 7.50. The number of nitrogens with one attached hydrogen (secondary N) is 1. The van der Waals surface area contributed by atoms with Crippen LogP contribution in [0.25, 0.3) is 21.9 Å². The molecule has 3 aromatic rings. The van der Waals surface area contributed by atoms with E-state index in [1.54, 1.807) is 11.7 Å². The first kappa shape index (κ1) is 20.3. The number of methoxy groups -OCH3 is 1. The number of ether oxygens (including phenoxy) is 1. The van der Waals surface area contributed by atoms with Gasteiger partial charge in [-0.3, -0.25) is 14.2 Å². The lowest BCUT2D eigenvalue weighted by Crippen LogP contribution is -2.41. The van der Waals surface area contributed by atoms with E-state index >= 15 is 0 Å². The Bertz CT molecular complexity index is 1110. The topological polar surface area (TPSA) is 78.2 Å². The Morgan fingerprint density at radius 1 is 1.32 bits per heavy atom. The Labute approximate surface area is 168 Å². The number of hydrogen-bond donors (Lipinski definition) is 1. The highest BCUT2D eigenvalue weighted by Gasteiger charge is 2.20. The number of carbonyl (C=O) groups excluding carboxylic acids is 1. The normalized spacial score (nSPS) is 11.9. The summed E-state index contributed by atoms with van der Waals surface area (Å²) in [6, 6.07) is 5.68. The highest BCUT2D eigenvalue weighted by molar-refractivity contribution is 7.99. The van der Waals surface area contributed by atoms with Crippen molar-refractivity contribution in [2.45, 2.75) is 44.9 Å². The fourth-order valence-electron chi connectivity index (χ4n) is 3.23. The maximum Gasteiger partial charge on any atom is 0.278 e. The monoisotopic (exact) mass is 402 g/mol. The quantitative estimate of drug-likeness (QED) is 0.524. The van der Waals surface area contributed by atoms with Crippen molar-refractivity contribution in [2.75, 3.05) is 12.9 Å². The summed E-state index contributed by atoms with van der Waals surface area (Å²) in [5, 5.41) is 4.33. The van der Waals surface area contributed by atoms with Crippen molar-refractivity contribution in [3.63, 3.8) is 0 Å². The van der Waals surface area contributed by atoms with Crippen molar-refractivity contribution in [2.24, 2.45) is 7.05 Å². The van der Waals surface area contributed by atoms with E-state index in [1.807, 2.05) is 57.5 Å². The molecule has 8 heteroatoms. The number of fused-ring (bicyclic) bond motifs is 3. The Morgan fingerprint density at radius 2 is 2.04 bits per heavy atom. The molecule has 28 heavy (non-hydrogen) atoms. The highest BCUT2D eigenvalue weighted by atomic mass is 32.2. The van der Waals surface area contributed by atoms with Crippen LogP contribution in [0.1, 0.15) is 27.7 Å². The van der Waals surface area contributed by atoms with Gasteiger partial charge in [0.2, 0.25) is 5.91 Å². The first-order valence-electron chi connectivity index (χ1n) is 9.17. The molecular formula is C20H26N4O3S. The molecule has 2 aromatic heterocycles. The van der Waals surface area contributed by atoms with E-state index < -0.39 is 0 Å². The highest BCUT2D eigenvalue weighted by Crippen LogP contribution is 2.29. The summed E-state index contributed by atoms with van der Waals surface area (Å²) in [5.41, 5.74) is 1.68. The van der Waals surface area contributed by atoms with Gasteiger partial charge < -0.3 is 14.6 Å². The van der Waals surface area contributed by atoms with Crippen molar-refractivity contribution >= 4 is 39.6 Å². The van der Waals surface area contributed by atoms with Crippen LogP contribution in [0.5, 0.6) is 5.75 Å². The van der Waals surface area contributed by atoms with E-state index in [0.29, 0.717) is 28.5 Å². The third-order valence-electron chi connectivity index (χ3n) is 4.43. The number of aromatic nitrogens is 3. The first-order valence-corrected chi connectivity index (χ1v) is 10.2. The number of amides is 1. The molecule has 1 N–H and O–H groups in total. The SMILES string of the molecule is CCn1c(SCC(=O)NC(C)(C)C)nc2c3cc(OC)ccc3n(C)c2c1=O. The van der Waals surface area contributed by atoms with Crippen molar-refractivity contribution in [1.82, 2.24) is 19.4 Å². The largest absolute Gasteiger partial charge is 0.497 e. The maximum absolute atomic E-state index is 13.2. The summed E-state index contributed by atoms with van der Waals surface area (Å²) in [6.07, 6.45) is 0. The number of aryl methyl sites for hydroxylation is 1. The zero-order valence-corrected chi connectivity index (χ0v) is 17.9. The third kappa shape index (κ3) is 3.73. The number of thioether (sulfide) groups is 1. The van der Waals surface area contributed by atoms with Crippen molar-refractivity contribution in [3.05, 3.63) is 28.6 Å². The zero-order valence-electron chi connectivity index (χ0n) is 17.1. The van der Waals surface area contributed by atoms with Crippen LogP contribution in [0.3, 0.4) is 0 Å². The molecule has 1 amide bonds. The molecule has 0 aliphatic rings. The smallest absolute Gasteiger partial charge is 0.278 e. The number of benzene rings is 1. The molecule has 0 atom stereocenters. The molecule has 1 aromatic carbocycles. The molecule has 0 saturated heterocycles. The van der Waals surface area contributed by atoms with Crippen LogP contribution in [-0.4, -0.2) is 38.4 Å². The molecule has 0 fully saturated rings. The Hall–Kier alpha value is -2.48. The van der Waals surface area contributed by atoms with E-state index in [-0.39, 0.29) is 22.8 Å². The van der Waals surface area contributed by atoms with E-state index in [9.17, 15) is 9.59 Å². The standard InChI is InChI=1S/C20H26N4O3S/c1-7-24-18(26)17-16(13-10-12(27-6)8-9-14(13)23(17)5)21-19(24)28-11-15(25)22-20(2,3)4/h8-10H,7,11H2,1-6H3,(H,22,25). The Kier molecular flexibility index (Phi) is 5.43. The summed E-state index contributed by atoms with van der Waals surface area (Å²) in [6.45, 7) is 8.19. The van der Waals surface area contributed by atoms with Gasteiger partial charge in [0.1, 0.15) is 16.8 Å². The Balaban J connectivity index is 2.11. The average molecular weight is 403 g/mol. The lowest BCUT2D eigenvalue weighted by molar-refractivity contribution is -0.119. The second-order valence-corrected chi connectivity index (χ2v) is 8.61. The summed E-state index contributed by atoms with van der Waals surface area (Å²) in [5.74, 6) is 0.817.